The molecule has 0 spiro atoms. The van der Waals surface area contributed by atoms with Crippen molar-refractivity contribution < 1.29 is 14.3 Å². The summed E-state index contributed by atoms with van der Waals surface area (Å²) in [5.41, 5.74) is 3.47. The van der Waals surface area contributed by atoms with E-state index in [1.165, 1.54) is 11.3 Å². The molecule has 10 heteroatoms. The molecule has 1 aromatic heterocycles. The molecule has 1 amide bonds. The summed E-state index contributed by atoms with van der Waals surface area (Å²) in [5, 5.41) is 4.02. The molecule has 226 valence electrons. The van der Waals surface area contributed by atoms with Crippen molar-refractivity contribution in [2.45, 2.75) is 19.6 Å². The quantitative estimate of drug-likeness (QED) is 0.200. The molecular formula is C35H27Cl2N3O4S. The highest BCUT2D eigenvalue weighted by molar-refractivity contribution is 7.07. The largest absolute Gasteiger partial charge is 0.497 e. The third kappa shape index (κ3) is 6.44. The number of nitrogens with zero attached hydrogens (tertiary/aromatic N) is 2. The molecule has 1 atom stereocenters. The van der Waals surface area contributed by atoms with Crippen LogP contribution in [0.5, 0.6) is 11.5 Å². The SMILES string of the molecule is COc1cccc(C2C(C(=O)Nc3ccccc3)=C(C)N=c3sc(=Cc4ccccc4OCc4ccc(Cl)cc4Cl)c(=O)n32)c1. The van der Waals surface area contributed by atoms with Crippen LogP contribution in [0.4, 0.5) is 5.69 Å². The number of halogens is 2. The molecule has 6 rings (SSSR count). The number of nitrogens with one attached hydrogen (secondary N) is 1. The smallest absolute Gasteiger partial charge is 0.271 e. The summed E-state index contributed by atoms with van der Waals surface area (Å²) in [6.45, 7) is 2.01. The van der Waals surface area contributed by atoms with Crippen molar-refractivity contribution in [3.05, 3.63) is 155 Å². The zero-order chi connectivity index (χ0) is 31.5. The number of methoxy groups -OCH3 is 1. The van der Waals surface area contributed by atoms with E-state index >= 15 is 0 Å². The minimum Gasteiger partial charge on any atom is -0.497 e. The lowest BCUT2D eigenvalue weighted by Gasteiger charge is -2.25. The number of rotatable bonds is 8. The first kappa shape index (κ1) is 30.4. The van der Waals surface area contributed by atoms with E-state index in [2.05, 4.69) is 5.32 Å². The topological polar surface area (TPSA) is 81.9 Å². The Morgan fingerprint density at radius 2 is 1.78 bits per heavy atom. The van der Waals surface area contributed by atoms with Crippen molar-refractivity contribution in [2.75, 3.05) is 12.4 Å². The van der Waals surface area contributed by atoms with Crippen LogP contribution in [0.25, 0.3) is 6.08 Å². The number of carbonyl (C=O) groups excluding carboxylic acids is 1. The number of benzene rings is 4. The minimum atomic E-state index is -0.735. The highest BCUT2D eigenvalue weighted by atomic mass is 35.5. The number of hydrogen-bond donors (Lipinski definition) is 1. The Kier molecular flexibility index (Phi) is 8.89. The summed E-state index contributed by atoms with van der Waals surface area (Å²) in [4.78, 5) is 33.2. The normalized spacial score (nSPS) is 14.5. The van der Waals surface area contributed by atoms with Crippen molar-refractivity contribution in [2.24, 2.45) is 4.99 Å². The van der Waals surface area contributed by atoms with Crippen LogP contribution in [0.1, 0.15) is 29.7 Å². The van der Waals surface area contributed by atoms with Gasteiger partial charge in [0.25, 0.3) is 11.5 Å². The lowest BCUT2D eigenvalue weighted by Crippen LogP contribution is -2.40. The molecule has 0 aliphatic carbocycles. The Hall–Kier alpha value is -4.63. The van der Waals surface area contributed by atoms with Gasteiger partial charge in [0.1, 0.15) is 18.1 Å². The number of allylic oxidation sites excluding steroid dienone is 1. The van der Waals surface area contributed by atoms with E-state index in [0.29, 0.717) is 53.4 Å². The van der Waals surface area contributed by atoms with Crippen LogP contribution in [0, 0.1) is 0 Å². The second-order valence-corrected chi connectivity index (χ2v) is 12.1. The van der Waals surface area contributed by atoms with Gasteiger partial charge >= 0.3 is 0 Å². The number of anilines is 1. The fourth-order valence-corrected chi connectivity index (χ4v) is 6.63. The van der Waals surface area contributed by atoms with E-state index in [0.717, 1.165) is 11.1 Å². The van der Waals surface area contributed by atoms with Crippen molar-refractivity contribution in [3.63, 3.8) is 0 Å². The lowest BCUT2D eigenvalue weighted by molar-refractivity contribution is -0.113. The zero-order valence-electron chi connectivity index (χ0n) is 24.3. The van der Waals surface area contributed by atoms with E-state index in [9.17, 15) is 9.59 Å². The number of para-hydroxylation sites is 2. The van der Waals surface area contributed by atoms with Gasteiger partial charge in [0.05, 0.1) is 29.0 Å². The van der Waals surface area contributed by atoms with Crippen LogP contribution >= 0.6 is 34.5 Å². The van der Waals surface area contributed by atoms with Crippen LogP contribution in [0.15, 0.2) is 118 Å². The van der Waals surface area contributed by atoms with Gasteiger partial charge in [-0.1, -0.05) is 89.1 Å². The standard InChI is InChI=1S/C35H27Cl2N3O4S/c1-21-31(33(41)39-26-11-4-3-5-12-26)32(23-10-8-13-27(17-23)43-2)40-34(42)30(45-35(40)38-21)18-22-9-6-7-14-29(22)44-20-24-15-16-25(36)19-28(24)37/h3-19,32H,20H2,1-2H3,(H,39,41). The molecule has 4 aromatic carbocycles. The van der Waals surface area contributed by atoms with Crippen LogP contribution in [0.3, 0.4) is 0 Å². The maximum absolute atomic E-state index is 14.2. The predicted molar refractivity (Wildman–Crippen MR) is 179 cm³/mol. The molecular weight excluding hydrogens is 629 g/mol. The average molecular weight is 657 g/mol. The first-order valence-corrected chi connectivity index (χ1v) is 15.6. The third-order valence-corrected chi connectivity index (χ3v) is 8.88. The van der Waals surface area contributed by atoms with Gasteiger partial charge in [-0.25, -0.2) is 4.99 Å². The molecule has 0 saturated heterocycles. The van der Waals surface area contributed by atoms with Crippen molar-refractivity contribution in [1.82, 2.24) is 4.57 Å². The first-order valence-electron chi connectivity index (χ1n) is 14.0. The van der Waals surface area contributed by atoms with Crippen molar-refractivity contribution >= 4 is 52.2 Å². The van der Waals surface area contributed by atoms with Gasteiger partial charge in [-0.3, -0.25) is 14.2 Å². The Morgan fingerprint density at radius 1 is 1.00 bits per heavy atom. The number of hydrogen-bond acceptors (Lipinski definition) is 6. The summed E-state index contributed by atoms with van der Waals surface area (Å²) >= 11 is 13.7. The summed E-state index contributed by atoms with van der Waals surface area (Å²) in [7, 11) is 1.58. The molecule has 0 saturated carbocycles. The molecule has 0 bridgehead atoms. The van der Waals surface area contributed by atoms with E-state index in [4.69, 9.17) is 37.7 Å². The van der Waals surface area contributed by atoms with E-state index in [1.54, 1.807) is 36.8 Å². The van der Waals surface area contributed by atoms with Crippen LogP contribution < -0.4 is 29.7 Å². The summed E-state index contributed by atoms with van der Waals surface area (Å²) in [6, 6.07) is 28.5. The predicted octanol–water partition coefficient (Wildman–Crippen LogP) is 6.77. The van der Waals surface area contributed by atoms with Gasteiger partial charge < -0.3 is 14.8 Å². The molecule has 1 unspecified atom stereocenters. The van der Waals surface area contributed by atoms with Crippen LogP contribution in [-0.2, 0) is 11.4 Å². The molecule has 1 N–H and O–H groups in total. The Morgan fingerprint density at radius 3 is 2.56 bits per heavy atom. The monoisotopic (exact) mass is 655 g/mol. The lowest BCUT2D eigenvalue weighted by atomic mass is 9.95. The van der Waals surface area contributed by atoms with Gasteiger partial charge in [0, 0.05) is 26.9 Å². The van der Waals surface area contributed by atoms with E-state index in [-0.39, 0.29) is 18.1 Å². The van der Waals surface area contributed by atoms with E-state index in [1.807, 2.05) is 84.9 Å². The summed E-state index contributed by atoms with van der Waals surface area (Å²) in [6.07, 6.45) is 1.79. The molecule has 7 nitrogen and oxygen atoms in total. The second-order valence-electron chi connectivity index (χ2n) is 10.2. The second kappa shape index (κ2) is 13.2. The molecule has 5 aromatic rings. The van der Waals surface area contributed by atoms with Crippen LogP contribution in [-0.4, -0.2) is 17.6 Å². The average Bonchev–Trinajstić information content (AvgIpc) is 3.34. The van der Waals surface area contributed by atoms with Crippen molar-refractivity contribution in [3.8, 4) is 11.5 Å². The first-order chi connectivity index (χ1) is 21.8. The Bertz CT molecular complexity index is 2120. The van der Waals surface area contributed by atoms with E-state index < -0.39 is 6.04 Å². The van der Waals surface area contributed by atoms with Gasteiger partial charge in [-0.15, -0.1) is 0 Å². The number of aromatic nitrogens is 1. The van der Waals surface area contributed by atoms with Crippen molar-refractivity contribution in [1.29, 1.82) is 0 Å². The maximum Gasteiger partial charge on any atom is 0.271 e. The maximum atomic E-state index is 14.2. The van der Waals surface area contributed by atoms with Gasteiger partial charge in [-0.2, -0.15) is 0 Å². The fourth-order valence-electron chi connectivity index (χ4n) is 5.13. The molecule has 2 heterocycles. The fraction of sp³-hybridized carbons (Fsp3) is 0.114. The molecule has 0 fully saturated rings. The molecule has 0 radical (unpaired) electrons. The minimum absolute atomic E-state index is 0.219. The van der Waals surface area contributed by atoms with Gasteiger partial charge in [0.2, 0.25) is 0 Å². The summed E-state index contributed by atoms with van der Waals surface area (Å²) in [5.74, 6) is 0.848. The highest BCUT2D eigenvalue weighted by Crippen LogP contribution is 2.32. The number of amides is 1. The molecule has 1 aliphatic heterocycles. The Balaban J connectivity index is 1.43. The number of carbonyl (C=O) groups is 1. The highest BCUT2D eigenvalue weighted by Gasteiger charge is 2.32. The number of thiazole rings is 1. The van der Waals surface area contributed by atoms with Gasteiger partial charge in [-0.05, 0) is 61.0 Å². The zero-order valence-corrected chi connectivity index (χ0v) is 26.6. The molecule has 45 heavy (non-hydrogen) atoms. The summed E-state index contributed by atoms with van der Waals surface area (Å²) < 4.78 is 13.6. The number of fused-ring (bicyclic) bond motifs is 1. The molecule has 1 aliphatic rings. The van der Waals surface area contributed by atoms with Crippen LogP contribution in [0.2, 0.25) is 10.0 Å². The Labute approximate surface area is 273 Å². The number of ether oxygens (including phenoxy) is 2. The third-order valence-electron chi connectivity index (χ3n) is 7.31. The van der Waals surface area contributed by atoms with Gasteiger partial charge in [0.15, 0.2) is 4.80 Å².